The van der Waals surface area contributed by atoms with Crippen LogP contribution in [0.3, 0.4) is 0 Å². The molecule has 2 aromatic carbocycles. The fourth-order valence-electron chi connectivity index (χ4n) is 14.2. The van der Waals surface area contributed by atoms with Crippen molar-refractivity contribution in [3.05, 3.63) is 69.8 Å². The highest BCUT2D eigenvalue weighted by Crippen LogP contribution is 2.86. The van der Waals surface area contributed by atoms with Gasteiger partial charge >= 0.3 is 0 Å². The summed E-state index contributed by atoms with van der Waals surface area (Å²) in [4.78, 5) is 0. The fraction of sp³-hybridized carbons (Fsp3) is 0.545. The van der Waals surface area contributed by atoms with Gasteiger partial charge in [0.25, 0.3) is 0 Å². The molecule has 8 bridgehead atoms. The predicted molar refractivity (Wildman–Crippen MR) is 181 cm³/mol. The SMILES string of the molecule is C#Cc1cc(C#C)cc(C23CC4CC(C2)CC(C25CC6CC(c7cc(C#C)cc(C#C)c7)(CC(C)(C6C)C2(C)C)C5)(C4)C3)c1. The molecule has 0 N–H and O–H groups in total. The van der Waals surface area contributed by atoms with Gasteiger partial charge < -0.3 is 0 Å². The minimum atomic E-state index is 0.120. The van der Waals surface area contributed by atoms with Gasteiger partial charge in [0, 0.05) is 22.3 Å². The first kappa shape index (κ1) is 28.2. The van der Waals surface area contributed by atoms with Crippen LogP contribution < -0.4 is 0 Å². The van der Waals surface area contributed by atoms with Gasteiger partial charge in [0.2, 0.25) is 0 Å². The molecule has 7 atom stereocenters. The van der Waals surface area contributed by atoms with E-state index >= 15 is 0 Å². The van der Waals surface area contributed by atoms with Gasteiger partial charge in [-0.2, -0.15) is 0 Å². The zero-order valence-electron chi connectivity index (χ0n) is 27.2. The third-order valence-corrected chi connectivity index (χ3v) is 15.8. The van der Waals surface area contributed by atoms with Crippen LogP contribution >= 0.6 is 0 Å². The van der Waals surface area contributed by atoms with E-state index in [2.05, 4.69) is 75.6 Å². The number of hydrogen-bond acceptors (Lipinski definition) is 0. The Hall–Kier alpha value is -3.32. The summed E-state index contributed by atoms with van der Waals surface area (Å²) >= 11 is 0. The maximum Gasteiger partial charge on any atom is 0.0257 e. The maximum atomic E-state index is 6.02. The van der Waals surface area contributed by atoms with Crippen molar-refractivity contribution in [3.8, 4) is 49.4 Å². The lowest BCUT2D eigenvalue weighted by atomic mass is 9.22. The standard InChI is InChI=1S/C44H46/c1-9-30-13-31(10-2)17-37(16-30)41-20-34-15-35(21-41)23-43(22-34,27-41)44-25-36-24-42(28-44,26-40(8,29(36)5)39(44,6)7)38-18-32(11-3)14-33(12-4)19-38/h1-4,13-14,16-19,29,34-36H,15,20-28H2,5-8H3. The van der Waals surface area contributed by atoms with E-state index in [9.17, 15) is 0 Å². The first-order chi connectivity index (χ1) is 20.9. The molecular formula is C44H46. The van der Waals surface area contributed by atoms with Crippen LogP contribution in [0.1, 0.15) is 125 Å². The summed E-state index contributed by atoms with van der Waals surface area (Å²) in [6, 6.07) is 13.3. The normalized spacial score (nSPS) is 43.5. The van der Waals surface area contributed by atoms with Crippen molar-refractivity contribution >= 4 is 0 Å². The molecule has 0 nitrogen and oxygen atoms in total. The van der Waals surface area contributed by atoms with Crippen LogP contribution in [-0.4, -0.2) is 0 Å². The second kappa shape index (κ2) is 8.68. The van der Waals surface area contributed by atoms with Crippen LogP contribution in [-0.2, 0) is 10.8 Å². The average Bonchev–Trinajstić information content (AvgIpc) is 3.01. The molecule has 8 fully saturated rings. The molecule has 0 saturated heterocycles. The Labute approximate surface area is 266 Å². The second-order valence-electron chi connectivity index (χ2n) is 17.4. The third-order valence-electron chi connectivity index (χ3n) is 15.8. The van der Waals surface area contributed by atoms with E-state index in [1.807, 2.05) is 12.1 Å². The minimum Gasteiger partial charge on any atom is -0.115 e. The Kier molecular flexibility index (Phi) is 5.56. The maximum absolute atomic E-state index is 6.02. The Balaban J connectivity index is 1.33. The first-order valence-corrected chi connectivity index (χ1v) is 17.1. The lowest BCUT2D eigenvalue weighted by Crippen LogP contribution is -2.76. The highest BCUT2D eigenvalue weighted by molar-refractivity contribution is 5.51. The number of terminal acetylenes is 4. The number of rotatable bonds is 3. The zero-order valence-corrected chi connectivity index (χ0v) is 27.2. The van der Waals surface area contributed by atoms with Crippen molar-refractivity contribution < 1.29 is 0 Å². The van der Waals surface area contributed by atoms with E-state index in [0.717, 1.165) is 40.0 Å². The molecule has 0 radical (unpaired) electrons. The Morgan fingerprint density at radius 2 is 1.09 bits per heavy atom. The average molecular weight is 575 g/mol. The molecule has 0 amide bonds. The van der Waals surface area contributed by atoms with Crippen LogP contribution in [0.15, 0.2) is 36.4 Å². The lowest BCUT2D eigenvalue weighted by Gasteiger charge is -2.82. The molecule has 2 aromatic rings. The molecule has 0 aliphatic heterocycles. The Bertz CT molecular complexity index is 1690. The van der Waals surface area contributed by atoms with Crippen molar-refractivity contribution in [3.63, 3.8) is 0 Å². The second-order valence-corrected chi connectivity index (χ2v) is 17.4. The van der Waals surface area contributed by atoms with Crippen LogP contribution in [0, 0.1) is 94.7 Å². The number of benzene rings is 2. The summed E-state index contributed by atoms with van der Waals surface area (Å²) in [6.07, 6.45) is 37.2. The summed E-state index contributed by atoms with van der Waals surface area (Å²) in [5, 5.41) is 0. The fourth-order valence-corrected chi connectivity index (χ4v) is 14.2. The predicted octanol–water partition coefficient (Wildman–Crippen LogP) is 9.26. The molecular weight excluding hydrogens is 528 g/mol. The van der Waals surface area contributed by atoms with Crippen LogP contribution in [0.2, 0.25) is 0 Å². The third kappa shape index (κ3) is 3.27. The summed E-state index contributed by atoms with van der Waals surface area (Å²) in [5.41, 5.74) is 7.91. The van der Waals surface area contributed by atoms with Gasteiger partial charge in [-0.15, -0.1) is 25.7 Å². The van der Waals surface area contributed by atoms with Gasteiger partial charge in [0.1, 0.15) is 0 Å². The van der Waals surface area contributed by atoms with E-state index in [1.165, 1.54) is 75.3 Å². The van der Waals surface area contributed by atoms with E-state index in [1.54, 1.807) is 0 Å². The van der Waals surface area contributed by atoms with E-state index in [-0.39, 0.29) is 27.1 Å². The molecule has 44 heavy (non-hydrogen) atoms. The van der Waals surface area contributed by atoms with Crippen LogP contribution in [0.4, 0.5) is 0 Å². The molecule has 8 aliphatic carbocycles. The molecule has 0 heterocycles. The van der Waals surface area contributed by atoms with E-state index in [0.29, 0.717) is 11.3 Å². The Morgan fingerprint density at radius 3 is 1.59 bits per heavy atom. The molecule has 8 aliphatic rings. The molecule has 7 unspecified atom stereocenters. The van der Waals surface area contributed by atoms with E-state index in [4.69, 9.17) is 25.7 Å². The summed E-state index contributed by atoms with van der Waals surface area (Å²) in [6.45, 7) is 10.6. The van der Waals surface area contributed by atoms with Crippen LogP contribution in [0.5, 0.6) is 0 Å². The van der Waals surface area contributed by atoms with Gasteiger partial charge in [-0.3, -0.25) is 0 Å². The molecule has 10 rings (SSSR count). The largest absolute Gasteiger partial charge is 0.115 e. The number of hydrogen-bond donors (Lipinski definition) is 0. The Morgan fingerprint density at radius 1 is 0.591 bits per heavy atom. The van der Waals surface area contributed by atoms with Gasteiger partial charge in [-0.05, 0) is 168 Å². The summed E-state index contributed by atoms with van der Waals surface area (Å²) < 4.78 is 0. The highest BCUT2D eigenvalue weighted by Gasteiger charge is 2.79. The zero-order chi connectivity index (χ0) is 30.9. The smallest absolute Gasteiger partial charge is 0.0257 e. The monoisotopic (exact) mass is 574 g/mol. The molecule has 222 valence electrons. The first-order valence-electron chi connectivity index (χ1n) is 17.1. The van der Waals surface area contributed by atoms with Gasteiger partial charge in [0.05, 0.1) is 0 Å². The van der Waals surface area contributed by atoms with Crippen molar-refractivity contribution in [2.24, 2.45) is 45.3 Å². The van der Waals surface area contributed by atoms with Crippen molar-refractivity contribution in [1.82, 2.24) is 0 Å². The van der Waals surface area contributed by atoms with Crippen molar-refractivity contribution in [2.75, 3.05) is 0 Å². The molecule has 0 spiro atoms. The lowest BCUT2D eigenvalue weighted by molar-refractivity contribution is -0.317. The van der Waals surface area contributed by atoms with Gasteiger partial charge in [-0.1, -0.05) is 51.4 Å². The highest BCUT2D eigenvalue weighted by atomic mass is 14.8. The summed E-state index contributed by atoms with van der Waals surface area (Å²) in [7, 11) is 0. The minimum absolute atomic E-state index is 0.120. The van der Waals surface area contributed by atoms with E-state index < -0.39 is 0 Å². The molecule has 8 saturated carbocycles. The molecule has 0 heteroatoms. The van der Waals surface area contributed by atoms with Gasteiger partial charge in [-0.25, -0.2) is 0 Å². The summed E-state index contributed by atoms with van der Waals surface area (Å²) in [5.74, 6) is 14.7. The van der Waals surface area contributed by atoms with Crippen LogP contribution in [0.25, 0.3) is 0 Å². The quantitative estimate of drug-likeness (QED) is 0.321. The van der Waals surface area contributed by atoms with Crippen molar-refractivity contribution in [1.29, 1.82) is 0 Å². The molecule has 0 aromatic heterocycles. The van der Waals surface area contributed by atoms with Gasteiger partial charge in [0.15, 0.2) is 0 Å². The topological polar surface area (TPSA) is 0 Å². The van der Waals surface area contributed by atoms with Crippen molar-refractivity contribution in [2.45, 2.75) is 103 Å².